The quantitative estimate of drug-likeness (QED) is 0.718. The predicted octanol–water partition coefficient (Wildman–Crippen LogP) is 2.94. The second-order valence-corrected chi connectivity index (χ2v) is 3.99. The Morgan fingerprint density at radius 1 is 1.31 bits per heavy atom. The van der Waals surface area contributed by atoms with Crippen LogP contribution in [-0.4, -0.2) is 4.98 Å². The second kappa shape index (κ2) is 2.87. The maximum atomic E-state index is 8.97. The van der Waals surface area contributed by atoms with Crippen LogP contribution in [0.25, 0.3) is 0 Å². The van der Waals surface area contributed by atoms with Crippen molar-refractivity contribution in [3.63, 3.8) is 0 Å². The zero-order valence-electron chi connectivity index (χ0n) is 6.72. The molecule has 0 radical (unpaired) electrons. The average Bonchev–Trinajstić information content (AvgIpc) is 2.85. The number of hydrogen-bond acceptors (Lipinski definition) is 2. The number of nitrogens with zero attached hydrogens (tertiary/aromatic N) is 2. The molecule has 1 aliphatic carbocycles. The van der Waals surface area contributed by atoms with E-state index in [4.69, 9.17) is 28.5 Å². The molecule has 66 valence electrons. The van der Waals surface area contributed by atoms with Gasteiger partial charge in [-0.15, -0.1) is 0 Å². The highest BCUT2D eigenvalue weighted by Crippen LogP contribution is 2.51. The lowest BCUT2D eigenvalue weighted by Gasteiger charge is -2.09. The molecule has 0 unspecified atom stereocenters. The summed E-state index contributed by atoms with van der Waals surface area (Å²) in [6.07, 6.45) is 4.74. The summed E-state index contributed by atoms with van der Waals surface area (Å²) in [7, 11) is 0. The zero-order valence-corrected chi connectivity index (χ0v) is 8.23. The van der Waals surface area contributed by atoms with Gasteiger partial charge in [-0.05, 0) is 12.8 Å². The largest absolute Gasteiger partial charge is 0.262 e. The number of nitriles is 1. The van der Waals surface area contributed by atoms with Crippen molar-refractivity contribution in [3.8, 4) is 6.07 Å². The van der Waals surface area contributed by atoms with Gasteiger partial charge in [-0.1, -0.05) is 23.2 Å². The number of pyridine rings is 1. The Morgan fingerprint density at radius 2 is 1.85 bits per heavy atom. The highest BCUT2D eigenvalue weighted by molar-refractivity contribution is 6.36. The Bertz CT molecular complexity index is 371. The predicted molar refractivity (Wildman–Crippen MR) is 50.8 cm³/mol. The lowest BCUT2D eigenvalue weighted by Crippen LogP contribution is -2.04. The SMILES string of the molecule is N#CC1(c2c(Cl)cncc2Cl)CC1. The molecule has 1 saturated carbocycles. The van der Waals surface area contributed by atoms with Crippen LogP contribution in [0, 0.1) is 11.3 Å². The third kappa shape index (κ3) is 1.29. The zero-order chi connectivity index (χ0) is 9.47. The van der Waals surface area contributed by atoms with Gasteiger partial charge in [0.1, 0.15) is 0 Å². The minimum Gasteiger partial charge on any atom is -0.262 e. The molecule has 0 aromatic carbocycles. The molecule has 2 nitrogen and oxygen atoms in total. The Labute approximate surface area is 86.1 Å². The summed E-state index contributed by atoms with van der Waals surface area (Å²) in [5.74, 6) is 0. The molecule has 1 aromatic heterocycles. The summed E-state index contributed by atoms with van der Waals surface area (Å²) in [6.45, 7) is 0. The number of hydrogen-bond donors (Lipinski definition) is 0. The van der Waals surface area contributed by atoms with Crippen molar-refractivity contribution >= 4 is 23.2 Å². The second-order valence-electron chi connectivity index (χ2n) is 3.17. The fraction of sp³-hybridized carbons (Fsp3) is 0.333. The van der Waals surface area contributed by atoms with Crippen LogP contribution in [0.2, 0.25) is 10.0 Å². The molecule has 1 fully saturated rings. The summed E-state index contributed by atoms with van der Waals surface area (Å²) in [5.41, 5.74) is 0.310. The Kier molecular flexibility index (Phi) is 1.94. The van der Waals surface area contributed by atoms with E-state index in [-0.39, 0.29) is 0 Å². The maximum absolute atomic E-state index is 8.97. The van der Waals surface area contributed by atoms with Crippen molar-refractivity contribution in [2.24, 2.45) is 0 Å². The monoisotopic (exact) mass is 212 g/mol. The van der Waals surface area contributed by atoms with Gasteiger partial charge in [-0.25, -0.2) is 0 Å². The van der Waals surface area contributed by atoms with Crippen molar-refractivity contribution in [2.45, 2.75) is 18.3 Å². The van der Waals surface area contributed by atoms with Crippen LogP contribution in [0.3, 0.4) is 0 Å². The number of aromatic nitrogens is 1. The maximum Gasteiger partial charge on any atom is 0.0853 e. The van der Waals surface area contributed by atoms with E-state index >= 15 is 0 Å². The first-order chi connectivity index (χ1) is 6.19. The summed E-state index contributed by atoms with van der Waals surface area (Å²) >= 11 is 11.9. The molecule has 0 amide bonds. The molecule has 0 bridgehead atoms. The van der Waals surface area contributed by atoms with Gasteiger partial charge < -0.3 is 0 Å². The third-order valence-electron chi connectivity index (χ3n) is 2.30. The summed E-state index contributed by atoms with van der Waals surface area (Å²) in [4.78, 5) is 3.85. The van der Waals surface area contributed by atoms with E-state index in [0.717, 1.165) is 18.4 Å². The molecule has 0 atom stereocenters. The van der Waals surface area contributed by atoms with Gasteiger partial charge in [0, 0.05) is 18.0 Å². The van der Waals surface area contributed by atoms with Gasteiger partial charge in [-0.3, -0.25) is 4.98 Å². The summed E-state index contributed by atoms with van der Waals surface area (Å²) < 4.78 is 0. The number of halogens is 2. The molecule has 1 aromatic rings. The molecule has 0 N–H and O–H groups in total. The third-order valence-corrected chi connectivity index (χ3v) is 2.87. The topological polar surface area (TPSA) is 36.7 Å². The Morgan fingerprint density at radius 3 is 2.23 bits per heavy atom. The molecule has 13 heavy (non-hydrogen) atoms. The van der Waals surface area contributed by atoms with Crippen LogP contribution in [0.15, 0.2) is 12.4 Å². The van der Waals surface area contributed by atoms with E-state index in [1.165, 1.54) is 12.4 Å². The molecule has 0 saturated heterocycles. The molecular formula is C9H6Cl2N2. The molecule has 4 heteroatoms. The highest BCUT2D eigenvalue weighted by atomic mass is 35.5. The van der Waals surface area contributed by atoms with Crippen LogP contribution >= 0.6 is 23.2 Å². The minimum absolute atomic E-state index is 0.433. The molecular weight excluding hydrogens is 207 g/mol. The highest BCUT2D eigenvalue weighted by Gasteiger charge is 2.47. The molecule has 1 aliphatic rings. The van der Waals surface area contributed by atoms with E-state index in [9.17, 15) is 0 Å². The number of rotatable bonds is 1. The van der Waals surface area contributed by atoms with Gasteiger partial charge in [-0.2, -0.15) is 5.26 Å². The Hall–Kier alpha value is -0.780. The van der Waals surface area contributed by atoms with Gasteiger partial charge in [0.15, 0.2) is 0 Å². The van der Waals surface area contributed by atoms with Gasteiger partial charge in [0.25, 0.3) is 0 Å². The van der Waals surface area contributed by atoms with E-state index in [0.29, 0.717) is 10.0 Å². The fourth-order valence-electron chi connectivity index (χ4n) is 1.41. The fourth-order valence-corrected chi connectivity index (χ4v) is 2.14. The lowest BCUT2D eigenvalue weighted by molar-refractivity contribution is 0.904. The van der Waals surface area contributed by atoms with Crippen molar-refractivity contribution in [2.75, 3.05) is 0 Å². The van der Waals surface area contributed by atoms with Gasteiger partial charge in [0.05, 0.1) is 21.5 Å². The van der Waals surface area contributed by atoms with E-state index in [1.807, 2.05) is 0 Å². The van der Waals surface area contributed by atoms with Gasteiger partial charge >= 0.3 is 0 Å². The Balaban J connectivity index is 2.58. The van der Waals surface area contributed by atoms with E-state index < -0.39 is 5.41 Å². The van der Waals surface area contributed by atoms with Gasteiger partial charge in [0.2, 0.25) is 0 Å². The minimum atomic E-state index is -0.433. The van der Waals surface area contributed by atoms with Crippen LogP contribution in [0.1, 0.15) is 18.4 Å². The van der Waals surface area contributed by atoms with Crippen molar-refractivity contribution < 1.29 is 0 Å². The van der Waals surface area contributed by atoms with Crippen molar-refractivity contribution in [3.05, 3.63) is 28.0 Å². The molecule has 1 heterocycles. The summed E-state index contributed by atoms with van der Waals surface area (Å²) in [6, 6.07) is 2.25. The standard InChI is InChI=1S/C9H6Cl2N2/c10-6-3-13-4-7(11)8(6)9(5-12)1-2-9/h3-4H,1-2H2. The smallest absolute Gasteiger partial charge is 0.0853 e. The van der Waals surface area contributed by atoms with Crippen molar-refractivity contribution in [1.29, 1.82) is 5.26 Å². The first-order valence-electron chi connectivity index (χ1n) is 3.90. The molecule has 0 spiro atoms. The summed E-state index contributed by atoms with van der Waals surface area (Å²) in [5, 5.41) is 9.96. The van der Waals surface area contributed by atoms with E-state index in [1.54, 1.807) is 0 Å². The molecule has 2 rings (SSSR count). The van der Waals surface area contributed by atoms with E-state index in [2.05, 4.69) is 11.1 Å². The van der Waals surface area contributed by atoms with Crippen molar-refractivity contribution in [1.82, 2.24) is 4.98 Å². The van der Waals surface area contributed by atoms with Crippen LogP contribution in [0.4, 0.5) is 0 Å². The first kappa shape index (κ1) is 8.80. The normalized spacial score (nSPS) is 17.9. The molecule has 0 aliphatic heterocycles. The lowest BCUT2D eigenvalue weighted by atomic mass is 9.99. The average molecular weight is 213 g/mol. The van der Waals surface area contributed by atoms with Crippen LogP contribution in [-0.2, 0) is 5.41 Å². The first-order valence-corrected chi connectivity index (χ1v) is 4.66. The van der Waals surface area contributed by atoms with Crippen LogP contribution < -0.4 is 0 Å². The van der Waals surface area contributed by atoms with Crippen LogP contribution in [0.5, 0.6) is 0 Å².